The summed E-state index contributed by atoms with van der Waals surface area (Å²) in [6.45, 7) is 0.261. The van der Waals surface area contributed by atoms with Crippen molar-refractivity contribution in [2.75, 3.05) is 11.4 Å². The molecule has 0 saturated heterocycles. The number of amides is 1. The number of hydrogen-bond acceptors (Lipinski definition) is 4. The van der Waals surface area contributed by atoms with Crippen LogP contribution >= 0.6 is 0 Å². The molecule has 2 aromatic heterocycles. The van der Waals surface area contributed by atoms with Gasteiger partial charge in [0, 0.05) is 30.1 Å². The number of para-hydroxylation sites is 1. The number of rotatable bonds is 6. The first-order valence-electron chi connectivity index (χ1n) is 9.39. The first kappa shape index (κ1) is 18.5. The number of aromatic nitrogens is 2. The van der Waals surface area contributed by atoms with Crippen molar-refractivity contribution in [1.82, 2.24) is 9.97 Å². The second kappa shape index (κ2) is 8.44. The summed E-state index contributed by atoms with van der Waals surface area (Å²) in [7, 11) is 0. The lowest BCUT2D eigenvalue weighted by Crippen LogP contribution is -2.33. The van der Waals surface area contributed by atoms with E-state index in [1.54, 1.807) is 23.2 Å². The second-order valence-corrected chi connectivity index (χ2v) is 6.54. The maximum Gasteiger partial charge on any atom is 0.260 e. The molecule has 0 radical (unpaired) electrons. The van der Waals surface area contributed by atoms with Crippen molar-refractivity contribution in [3.05, 3.63) is 90.6 Å². The van der Waals surface area contributed by atoms with Crippen molar-refractivity contribution in [3.8, 4) is 11.3 Å². The fourth-order valence-corrected chi connectivity index (χ4v) is 3.27. The number of carbonyl (C=O) groups excluding carboxylic acids is 2. The lowest BCUT2D eigenvalue weighted by molar-refractivity contribution is -0.107. The van der Waals surface area contributed by atoms with E-state index in [9.17, 15) is 9.59 Å². The van der Waals surface area contributed by atoms with E-state index in [0.29, 0.717) is 11.4 Å². The third kappa shape index (κ3) is 3.89. The molecule has 1 amide bonds. The van der Waals surface area contributed by atoms with Gasteiger partial charge in [0.15, 0.2) is 0 Å². The molecule has 0 aliphatic rings. The highest BCUT2D eigenvalue weighted by Crippen LogP contribution is 2.27. The van der Waals surface area contributed by atoms with E-state index in [1.807, 2.05) is 66.7 Å². The van der Waals surface area contributed by atoms with Gasteiger partial charge in [-0.25, -0.2) is 9.97 Å². The van der Waals surface area contributed by atoms with Crippen LogP contribution in [-0.2, 0) is 4.79 Å². The first-order valence-corrected chi connectivity index (χ1v) is 9.39. The minimum atomic E-state index is -0.207. The molecule has 142 valence electrons. The molecule has 29 heavy (non-hydrogen) atoms. The molecule has 5 nitrogen and oxygen atoms in total. The highest BCUT2D eigenvalue weighted by Gasteiger charge is 2.22. The van der Waals surface area contributed by atoms with Crippen LogP contribution < -0.4 is 4.90 Å². The quantitative estimate of drug-likeness (QED) is 0.460. The molecule has 2 heterocycles. The highest BCUT2D eigenvalue weighted by molar-refractivity contribution is 6.14. The fraction of sp³-hybridized carbons (Fsp3) is 0.0833. The Kier molecular flexibility index (Phi) is 5.38. The van der Waals surface area contributed by atoms with Gasteiger partial charge in [0.1, 0.15) is 12.1 Å². The largest absolute Gasteiger partial charge is 0.303 e. The number of fused-ring (bicyclic) bond motifs is 1. The predicted octanol–water partition coefficient (Wildman–Crippen LogP) is 4.53. The van der Waals surface area contributed by atoms with Gasteiger partial charge in [-0.1, -0.05) is 54.6 Å². The monoisotopic (exact) mass is 381 g/mol. The van der Waals surface area contributed by atoms with Crippen molar-refractivity contribution >= 4 is 28.9 Å². The summed E-state index contributed by atoms with van der Waals surface area (Å²) in [5.74, 6) is 0.308. The van der Waals surface area contributed by atoms with Crippen LogP contribution in [0.3, 0.4) is 0 Å². The lowest BCUT2D eigenvalue weighted by atomic mass is 10.0. The van der Waals surface area contributed by atoms with Crippen LogP contribution in [0.25, 0.3) is 22.2 Å². The standard InChI is InChI=1S/C24H19N3O2/c28-16-8-15-27(23-13-6-7-14-25-23)24(29)20-17-22(18-9-2-1-3-10-18)26-21-12-5-4-11-19(20)21/h1-7,9-14,16-17H,8,15H2. The normalized spacial score (nSPS) is 10.6. The third-order valence-corrected chi connectivity index (χ3v) is 4.66. The number of hydrogen-bond donors (Lipinski definition) is 0. The number of nitrogens with zero attached hydrogens (tertiary/aromatic N) is 3. The number of pyridine rings is 2. The van der Waals surface area contributed by atoms with Crippen LogP contribution in [0.1, 0.15) is 16.8 Å². The molecule has 0 atom stereocenters. The van der Waals surface area contributed by atoms with Gasteiger partial charge < -0.3 is 4.79 Å². The zero-order valence-electron chi connectivity index (χ0n) is 15.7. The van der Waals surface area contributed by atoms with E-state index in [-0.39, 0.29) is 18.9 Å². The van der Waals surface area contributed by atoms with E-state index >= 15 is 0 Å². The smallest absolute Gasteiger partial charge is 0.260 e. The molecule has 4 aromatic rings. The van der Waals surface area contributed by atoms with Crippen LogP contribution in [0.2, 0.25) is 0 Å². The molecule has 5 heteroatoms. The van der Waals surface area contributed by atoms with E-state index in [2.05, 4.69) is 4.98 Å². The molecule has 0 spiro atoms. The van der Waals surface area contributed by atoms with Crippen LogP contribution in [0.5, 0.6) is 0 Å². The highest BCUT2D eigenvalue weighted by atomic mass is 16.2. The SMILES string of the molecule is O=CCCN(C(=O)c1cc(-c2ccccc2)nc2ccccc12)c1ccccn1. The molecule has 0 bridgehead atoms. The van der Waals surface area contributed by atoms with Crippen LogP contribution in [0, 0.1) is 0 Å². The Morgan fingerprint density at radius 2 is 1.69 bits per heavy atom. The van der Waals surface area contributed by atoms with Crippen molar-refractivity contribution in [2.45, 2.75) is 6.42 Å². The van der Waals surface area contributed by atoms with Crippen LogP contribution in [-0.4, -0.2) is 28.7 Å². The number of aldehydes is 1. The van der Waals surface area contributed by atoms with E-state index < -0.39 is 0 Å². The van der Waals surface area contributed by atoms with Gasteiger partial charge in [0.2, 0.25) is 0 Å². The van der Waals surface area contributed by atoms with E-state index in [1.165, 1.54) is 0 Å². The van der Waals surface area contributed by atoms with Gasteiger partial charge in [0.25, 0.3) is 5.91 Å². The van der Waals surface area contributed by atoms with Gasteiger partial charge >= 0.3 is 0 Å². The van der Waals surface area contributed by atoms with Gasteiger partial charge in [-0.05, 0) is 24.3 Å². The molecule has 0 N–H and O–H groups in total. The molecule has 0 fully saturated rings. The Bertz CT molecular complexity index is 1140. The Morgan fingerprint density at radius 3 is 2.45 bits per heavy atom. The summed E-state index contributed by atoms with van der Waals surface area (Å²) in [5.41, 5.74) is 2.94. The molecule has 0 aliphatic heterocycles. The number of carbonyl (C=O) groups is 2. The number of benzene rings is 2. The summed E-state index contributed by atoms with van der Waals surface area (Å²) < 4.78 is 0. The Morgan fingerprint density at radius 1 is 0.931 bits per heavy atom. The summed E-state index contributed by atoms with van der Waals surface area (Å²) in [6, 6.07) is 24.5. The first-order chi connectivity index (χ1) is 14.3. The minimum Gasteiger partial charge on any atom is -0.303 e. The molecule has 0 unspecified atom stereocenters. The molecule has 0 aliphatic carbocycles. The number of anilines is 1. The molecular formula is C24H19N3O2. The Hall–Kier alpha value is -3.86. The van der Waals surface area contributed by atoms with Crippen LogP contribution in [0.4, 0.5) is 5.82 Å². The molecule has 0 saturated carbocycles. The zero-order chi connectivity index (χ0) is 20.1. The van der Waals surface area contributed by atoms with Crippen molar-refractivity contribution in [1.29, 1.82) is 0 Å². The van der Waals surface area contributed by atoms with Gasteiger partial charge in [-0.15, -0.1) is 0 Å². The average molecular weight is 381 g/mol. The average Bonchev–Trinajstić information content (AvgIpc) is 2.79. The van der Waals surface area contributed by atoms with E-state index in [0.717, 1.165) is 28.4 Å². The van der Waals surface area contributed by atoms with Gasteiger partial charge in [-0.3, -0.25) is 9.69 Å². The molecular weight excluding hydrogens is 362 g/mol. The minimum absolute atomic E-state index is 0.207. The second-order valence-electron chi connectivity index (χ2n) is 6.54. The van der Waals surface area contributed by atoms with Gasteiger partial charge in [0.05, 0.1) is 16.8 Å². The van der Waals surface area contributed by atoms with Crippen molar-refractivity contribution in [2.24, 2.45) is 0 Å². The maximum absolute atomic E-state index is 13.6. The molecule has 2 aromatic carbocycles. The van der Waals surface area contributed by atoms with Crippen molar-refractivity contribution in [3.63, 3.8) is 0 Å². The van der Waals surface area contributed by atoms with E-state index in [4.69, 9.17) is 4.98 Å². The Balaban J connectivity index is 1.86. The molecule has 4 rings (SSSR count). The Labute approximate surface area is 168 Å². The van der Waals surface area contributed by atoms with Gasteiger partial charge in [-0.2, -0.15) is 0 Å². The lowest BCUT2D eigenvalue weighted by Gasteiger charge is -2.22. The summed E-state index contributed by atoms with van der Waals surface area (Å²) in [6.07, 6.45) is 2.68. The zero-order valence-corrected chi connectivity index (χ0v) is 15.7. The van der Waals surface area contributed by atoms with Crippen molar-refractivity contribution < 1.29 is 9.59 Å². The fourth-order valence-electron chi connectivity index (χ4n) is 3.27. The third-order valence-electron chi connectivity index (χ3n) is 4.66. The topological polar surface area (TPSA) is 63.2 Å². The maximum atomic E-state index is 13.6. The summed E-state index contributed by atoms with van der Waals surface area (Å²) in [4.78, 5) is 35.2. The predicted molar refractivity (Wildman–Crippen MR) is 114 cm³/mol. The van der Waals surface area contributed by atoms with Crippen LogP contribution in [0.15, 0.2) is 85.1 Å². The summed E-state index contributed by atoms with van der Waals surface area (Å²) in [5, 5.41) is 0.768. The summed E-state index contributed by atoms with van der Waals surface area (Å²) >= 11 is 0.